The van der Waals surface area contributed by atoms with E-state index in [1.54, 1.807) is 4.52 Å². The van der Waals surface area contributed by atoms with Gasteiger partial charge in [0.1, 0.15) is 17.0 Å². The van der Waals surface area contributed by atoms with Crippen LogP contribution in [0.15, 0.2) is 36.8 Å². The molecule has 1 aliphatic carbocycles. The SMILES string of the molecule is CNc1cc(-c2cn(CCN3CCN(C)CC3)c3ncccc23)nc2c(C(N)=O)cnn12.OC1CCC1.S. The van der Waals surface area contributed by atoms with Crippen molar-refractivity contribution in [1.29, 1.82) is 0 Å². The van der Waals surface area contributed by atoms with E-state index < -0.39 is 5.91 Å². The number of anilines is 1. The van der Waals surface area contributed by atoms with E-state index in [9.17, 15) is 4.79 Å². The Balaban J connectivity index is 0.000000504. The molecule has 0 bridgehead atoms. The van der Waals surface area contributed by atoms with Crippen molar-refractivity contribution in [3.63, 3.8) is 0 Å². The van der Waals surface area contributed by atoms with E-state index in [0.717, 1.165) is 80.2 Å². The first-order chi connectivity index (χ1) is 17.9. The summed E-state index contributed by atoms with van der Waals surface area (Å²) >= 11 is 0. The van der Waals surface area contributed by atoms with Crippen molar-refractivity contribution >= 4 is 41.9 Å². The lowest BCUT2D eigenvalue weighted by atomic mass is 9.97. The zero-order chi connectivity index (χ0) is 25.9. The predicted molar refractivity (Wildman–Crippen MR) is 154 cm³/mol. The maximum absolute atomic E-state index is 11.9. The van der Waals surface area contributed by atoms with E-state index in [1.807, 2.05) is 25.4 Å². The minimum Gasteiger partial charge on any atom is -0.393 e. The zero-order valence-electron chi connectivity index (χ0n) is 22.0. The van der Waals surface area contributed by atoms with Crippen LogP contribution < -0.4 is 11.1 Å². The Morgan fingerprint density at radius 1 is 1.18 bits per heavy atom. The number of nitrogens with two attached hydrogens (primary N) is 1. The van der Waals surface area contributed by atoms with Crippen LogP contribution in [-0.2, 0) is 6.54 Å². The number of piperazine rings is 1. The van der Waals surface area contributed by atoms with Crippen LogP contribution in [0, 0.1) is 0 Å². The second-order valence-electron chi connectivity index (χ2n) is 9.77. The maximum Gasteiger partial charge on any atom is 0.254 e. The highest BCUT2D eigenvalue weighted by atomic mass is 32.1. The monoisotopic (exact) mass is 539 g/mol. The average molecular weight is 540 g/mol. The van der Waals surface area contributed by atoms with Crippen LogP contribution in [0.4, 0.5) is 5.82 Å². The number of carbonyl (C=O) groups excluding carboxylic acids is 1. The number of nitrogens with one attached hydrogen (secondary N) is 1. The van der Waals surface area contributed by atoms with Gasteiger partial charge in [0.2, 0.25) is 0 Å². The highest BCUT2D eigenvalue weighted by Gasteiger charge is 2.19. The summed E-state index contributed by atoms with van der Waals surface area (Å²) in [6.07, 6.45) is 8.76. The van der Waals surface area contributed by atoms with Crippen molar-refractivity contribution in [3.8, 4) is 11.3 Å². The van der Waals surface area contributed by atoms with Crippen molar-refractivity contribution < 1.29 is 9.90 Å². The molecule has 1 amide bonds. The fourth-order valence-corrected chi connectivity index (χ4v) is 4.66. The normalized spacial score (nSPS) is 16.5. The van der Waals surface area contributed by atoms with E-state index in [-0.39, 0.29) is 19.6 Å². The molecule has 5 heterocycles. The summed E-state index contributed by atoms with van der Waals surface area (Å²) in [4.78, 5) is 26.1. The average Bonchev–Trinajstić information content (AvgIpc) is 3.49. The molecular weight excluding hydrogens is 502 g/mol. The molecule has 1 saturated heterocycles. The van der Waals surface area contributed by atoms with E-state index >= 15 is 0 Å². The summed E-state index contributed by atoms with van der Waals surface area (Å²) in [6.45, 7) is 6.17. The lowest BCUT2D eigenvalue weighted by Gasteiger charge is -2.32. The lowest BCUT2D eigenvalue weighted by Crippen LogP contribution is -2.45. The highest BCUT2D eigenvalue weighted by Crippen LogP contribution is 2.31. The van der Waals surface area contributed by atoms with E-state index in [4.69, 9.17) is 15.8 Å². The van der Waals surface area contributed by atoms with Crippen LogP contribution >= 0.6 is 13.5 Å². The number of hydrogen-bond donors (Lipinski definition) is 3. The first kappa shape index (κ1) is 27.8. The smallest absolute Gasteiger partial charge is 0.254 e. The van der Waals surface area contributed by atoms with E-state index in [2.05, 4.69) is 49.1 Å². The molecule has 204 valence electrons. The predicted octanol–water partition coefficient (Wildman–Crippen LogP) is 1.78. The van der Waals surface area contributed by atoms with Gasteiger partial charge in [0.05, 0.1) is 18.0 Å². The largest absolute Gasteiger partial charge is 0.393 e. The second-order valence-corrected chi connectivity index (χ2v) is 9.77. The van der Waals surface area contributed by atoms with Crippen molar-refractivity contribution in [2.75, 3.05) is 52.1 Å². The van der Waals surface area contributed by atoms with Crippen LogP contribution in [0.2, 0.25) is 0 Å². The van der Waals surface area contributed by atoms with Crippen LogP contribution in [0.5, 0.6) is 0 Å². The Morgan fingerprint density at radius 2 is 1.92 bits per heavy atom. The summed E-state index contributed by atoms with van der Waals surface area (Å²) in [6, 6.07) is 5.92. The number of primary amides is 1. The maximum atomic E-state index is 11.9. The number of aromatic nitrogens is 5. The molecule has 1 aliphatic heterocycles. The number of hydrogen-bond acceptors (Lipinski definition) is 8. The molecule has 4 aromatic heterocycles. The van der Waals surface area contributed by atoms with Gasteiger partial charge in [-0.2, -0.15) is 23.1 Å². The summed E-state index contributed by atoms with van der Waals surface area (Å²) < 4.78 is 3.79. The van der Waals surface area contributed by atoms with Crippen LogP contribution in [0.3, 0.4) is 0 Å². The van der Waals surface area contributed by atoms with Gasteiger partial charge in [0, 0.05) is 75.7 Å². The zero-order valence-corrected chi connectivity index (χ0v) is 23.0. The van der Waals surface area contributed by atoms with Gasteiger partial charge in [-0.1, -0.05) is 0 Å². The molecule has 2 aliphatic rings. The lowest BCUT2D eigenvalue weighted by molar-refractivity contribution is 0.0949. The topological polar surface area (TPSA) is 130 Å². The Bertz CT molecular complexity index is 1390. The summed E-state index contributed by atoms with van der Waals surface area (Å²) in [5.74, 6) is 0.169. The quantitative estimate of drug-likeness (QED) is 0.338. The summed E-state index contributed by atoms with van der Waals surface area (Å²) in [5.41, 5.74) is 8.89. The molecule has 1 saturated carbocycles. The van der Waals surface area contributed by atoms with E-state index in [1.165, 1.54) is 12.6 Å². The third-order valence-electron chi connectivity index (χ3n) is 7.23. The van der Waals surface area contributed by atoms with Gasteiger partial charge in [-0.25, -0.2) is 9.97 Å². The van der Waals surface area contributed by atoms with E-state index in [0.29, 0.717) is 11.2 Å². The van der Waals surface area contributed by atoms with Crippen molar-refractivity contribution in [1.82, 2.24) is 33.9 Å². The van der Waals surface area contributed by atoms with Gasteiger partial charge in [0.25, 0.3) is 5.91 Å². The number of pyridine rings is 1. The Morgan fingerprint density at radius 3 is 2.55 bits per heavy atom. The van der Waals surface area contributed by atoms with Gasteiger partial charge in [-0.05, 0) is 38.4 Å². The fourth-order valence-electron chi connectivity index (χ4n) is 4.66. The van der Waals surface area contributed by atoms with Crippen molar-refractivity contribution in [2.45, 2.75) is 31.9 Å². The minimum atomic E-state index is -0.553. The van der Waals surface area contributed by atoms with Gasteiger partial charge >= 0.3 is 0 Å². The molecule has 0 unspecified atom stereocenters. The van der Waals surface area contributed by atoms with Crippen LogP contribution in [0.25, 0.3) is 27.9 Å². The molecule has 38 heavy (non-hydrogen) atoms. The molecular formula is C26H37N9O2S. The molecule has 4 aromatic rings. The first-order valence-corrected chi connectivity index (χ1v) is 12.8. The Kier molecular flexibility index (Phi) is 8.87. The molecule has 12 heteroatoms. The van der Waals surface area contributed by atoms with Crippen molar-refractivity contribution in [2.24, 2.45) is 5.73 Å². The Hall–Kier alpha value is -3.19. The van der Waals surface area contributed by atoms with Gasteiger partial charge in [-0.15, -0.1) is 0 Å². The second kappa shape index (κ2) is 12.1. The number of aliphatic hydroxyl groups is 1. The fraction of sp³-hybridized carbons (Fsp3) is 0.462. The van der Waals surface area contributed by atoms with Crippen LogP contribution in [-0.4, -0.2) is 97.9 Å². The van der Waals surface area contributed by atoms with Crippen LogP contribution in [0.1, 0.15) is 29.6 Å². The molecule has 0 atom stereocenters. The number of fused-ring (bicyclic) bond motifs is 2. The molecule has 0 spiro atoms. The highest BCUT2D eigenvalue weighted by molar-refractivity contribution is 7.59. The third kappa shape index (κ3) is 5.78. The number of carbonyl (C=O) groups is 1. The molecule has 11 nitrogen and oxygen atoms in total. The van der Waals surface area contributed by atoms with Crippen molar-refractivity contribution in [3.05, 3.63) is 42.4 Å². The number of amides is 1. The minimum absolute atomic E-state index is 0. The number of likely N-dealkylation sites (N-methyl/N-ethyl adjacent to an activating group) is 1. The number of aliphatic hydroxyl groups excluding tert-OH is 1. The number of nitrogens with zero attached hydrogens (tertiary/aromatic N) is 7. The molecule has 0 radical (unpaired) electrons. The first-order valence-electron chi connectivity index (χ1n) is 12.8. The molecule has 0 aromatic carbocycles. The van der Waals surface area contributed by atoms with Gasteiger partial charge in [0.15, 0.2) is 5.65 Å². The van der Waals surface area contributed by atoms with Gasteiger partial charge in [-0.3, -0.25) is 9.69 Å². The third-order valence-corrected chi connectivity index (χ3v) is 7.23. The standard InChI is InChI=1S/C22H27N9O.C4H8O.H2S/c1-24-19-12-18(27-22-16(20(23)32)13-26-31(19)22)17-14-30(21-15(17)4-3-5-25-21)11-10-29-8-6-28(2)7-9-29;5-4-2-1-3-4;/h3-5,12-14,24H,6-11H2,1-2H3,(H2,23,32);4-5H,1-3H2;1H2. The van der Waals surface area contributed by atoms with Gasteiger partial charge < -0.3 is 25.6 Å². The molecule has 6 rings (SSSR count). The Labute approximate surface area is 229 Å². The summed E-state index contributed by atoms with van der Waals surface area (Å²) in [5, 5.41) is 16.9. The molecule has 2 fully saturated rings. The summed E-state index contributed by atoms with van der Waals surface area (Å²) in [7, 11) is 3.98. The number of rotatable bonds is 6. The molecule has 4 N–H and O–H groups in total.